The highest BCUT2D eigenvalue weighted by atomic mass is 15.1. The van der Waals surface area contributed by atoms with Gasteiger partial charge in [-0.15, -0.1) is 0 Å². The largest absolute Gasteiger partial charge is 0.369 e. The Balaban J connectivity index is 2.37. The summed E-state index contributed by atoms with van der Waals surface area (Å²) in [5, 5.41) is 10.5. The lowest BCUT2D eigenvalue weighted by Crippen LogP contribution is -2.28. The Bertz CT molecular complexity index is 185. The Labute approximate surface area is 66.1 Å². The first-order chi connectivity index (χ1) is 5.33. The SMILES string of the molecule is N#CNC(N)=NC1CCCC1. The molecule has 1 rings (SSSR count). The molecule has 0 bridgehead atoms. The van der Waals surface area contributed by atoms with Gasteiger partial charge in [-0.1, -0.05) is 12.8 Å². The highest BCUT2D eigenvalue weighted by Crippen LogP contribution is 2.20. The van der Waals surface area contributed by atoms with E-state index in [-0.39, 0.29) is 5.96 Å². The fourth-order valence-electron chi connectivity index (χ4n) is 1.32. The fraction of sp³-hybridized carbons (Fsp3) is 0.714. The van der Waals surface area contributed by atoms with Crippen LogP contribution in [0.15, 0.2) is 4.99 Å². The summed E-state index contributed by atoms with van der Waals surface area (Å²) in [6.07, 6.45) is 6.41. The van der Waals surface area contributed by atoms with Crippen molar-refractivity contribution in [1.29, 1.82) is 5.26 Å². The molecule has 1 fully saturated rings. The average Bonchev–Trinajstić information content (AvgIpc) is 2.40. The predicted octanol–water partition coefficient (Wildman–Crippen LogP) is 0.314. The smallest absolute Gasteiger partial charge is 0.202 e. The van der Waals surface area contributed by atoms with Crippen LogP contribution in [0.5, 0.6) is 0 Å². The Kier molecular flexibility index (Phi) is 2.73. The van der Waals surface area contributed by atoms with Crippen LogP contribution in [0, 0.1) is 11.5 Å². The van der Waals surface area contributed by atoms with Crippen LogP contribution in [0.25, 0.3) is 0 Å². The molecule has 0 spiro atoms. The zero-order valence-electron chi connectivity index (χ0n) is 6.38. The minimum Gasteiger partial charge on any atom is -0.369 e. The number of guanidine groups is 1. The second-order valence-corrected chi connectivity index (χ2v) is 2.69. The van der Waals surface area contributed by atoms with Crippen molar-refractivity contribution in [3.63, 3.8) is 0 Å². The molecule has 0 aromatic carbocycles. The number of nitrogens with one attached hydrogen (secondary N) is 1. The van der Waals surface area contributed by atoms with Crippen molar-refractivity contribution in [2.24, 2.45) is 10.7 Å². The number of nitrogens with two attached hydrogens (primary N) is 1. The van der Waals surface area contributed by atoms with Crippen molar-refractivity contribution in [2.45, 2.75) is 31.7 Å². The van der Waals surface area contributed by atoms with Crippen molar-refractivity contribution in [2.75, 3.05) is 0 Å². The molecule has 0 radical (unpaired) electrons. The maximum atomic E-state index is 8.19. The van der Waals surface area contributed by atoms with E-state index in [9.17, 15) is 0 Å². The second kappa shape index (κ2) is 3.81. The van der Waals surface area contributed by atoms with Gasteiger partial charge in [-0.05, 0) is 12.8 Å². The topological polar surface area (TPSA) is 74.2 Å². The molecule has 0 amide bonds. The third-order valence-electron chi connectivity index (χ3n) is 1.83. The van der Waals surface area contributed by atoms with E-state index in [0.29, 0.717) is 6.04 Å². The molecular weight excluding hydrogens is 140 g/mol. The second-order valence-electron chi connectivity index (χ2n) is 2.69. The molecule has 1 aliphatic carbocycles. The van der Waals surface area contributed by atoms with Crippen LogP contribution in [0.2, 0.25) is 0 Å². The van der Waals surface area contributed by atoms with Crippen molar-refractivity contribution < 1.29 is 0 Å². The first-order valence-corrected chi connectivity index (χ1v) is 3.81. The Morgan fingerprint density at radius 1 is 1.55 bits per heavy atom. The van der Waals surface area contributed by atoms with Crippen molar-refractivity contribution in [3.8, 4) is 6.19 Å². The molecule has 3 N–H and O–H groups in total. The minimum atomic E-state index is 0.249. The number of nitrogens with zero attached hydrogens (tertiary/aromatic N) is 2. The van der Waals surface area contributed by atoms with Crippen LogP contribution in [0.1, 0.15) is 25.7 Å². The minimum absolute atomic E-state index is 0.249. The van der Waals surface area contributed by atoms with Gasteiger partial charge >= 0.3 is 0 Å². The van der Waals surface area contributed by atoms with E-state index in [2.05, 4.69) is 10.3 Å². The molecule has 0 atom stereocenters. The highest BCUT2D eigenvalue weighted by molar-refractivity contribution is 5.79. The molecule has 0 heterocycles. The van der Waals surface area contributed by atoms with Crippen molar-refractivity contribution >= 4 is 5.96 Å². The Morgan fingerprint density at radius 2 is 2.18 bits per heavy atom. The Hall–Kier alpha value is -1.24. The zero-order valence-corrected chi connectivity index (χ0v) is 6.38. The van der Waals surface area contributed by atoms with Gasteiger partial charge in [0.05, 0.1) is 6.04 Å². The van der Waals surface area contributed by atoms with Crippen LogP contribution < -0.4 is 11.1 Å². The molecule has 0 aliphatic heterocycles. The first-order valence-electron chi connectivity index (χ1n) is 3.81. The van der Waals surface area contributed by atoms with Gasteiger partial charge in [0.25, 0.3) is 0 Å². The molecule has 0 saturated heterocycles. The van der Waals surface area contributed by atoms with E-state index < -0.39 is 0 Å². The number of nitriles is 1. The lowest BCUT2D eigenvalue weighted by atomic mass is 10.3. The van der Waals surface area contributed by atoms with Crippen LogP contribution >= 0.6 is 0 Å². The van der Waals surface area contributed by atoms with Gasteiger partial charge in [0.1, 0.15) is 0 Å². The van der Waals surface area contributed by atoms with E-state index in [4.69, 9.17) is 11.0 Å². The quantitative estimate of drug-likeness (QED) is 0.246. The van der Waals surface area contributed by atoms with Gasteiger partial charge in [-0.25, -0.2) is 4.99 Å². The van der Waals surface area contributed by atoms with Crippen LogP contribution in [0.3, 0.4) is 0 Å². The molecular formula is C7H12N4. The summed E-state index contributed by atoms with van der Waals surface area (Å²) in [5.74, 6) is 0.249. The molecule has 0 unspecified atom stereocenters. The number of rotatable bonds is 1. The summed E-state index contributed by atoms with van der Waals surface area (Å²) in [7, 11) is 0. The fourth-order valence-corrected chi connectivity index (χ4v) is 1.32. The van der Waals surface area contributed by atoms with E-state index in [1.54, 1.807) is 6.19 Å². The molecule has 60 valence electrons. The standard InChI is InChI=1S/C7H12N4/c8-5-10-7(9)11-6-3-1-2-4-6/h6H,1-4H2,(H3,9,10,11). The van der Waals surface area contributed by atoms with Gasteiger partial charge in [0.15, 0.2) is 6.19 Å². The third-order valence-corrected chi connectivity index (χ3v) is 1.83. The van der Waals surface area contributed by atoms with E-state index in [1.807, 2.05) is 0 Å². The van der Waals surface area contributed by atoms with Gasteiger partial charge in [0.2, 0.25) is 5.96 Å². The molecule has 1 aliphatic rings. The number of hydrogen-bond acceptors (Lipinski definition) is 2. The van der Waals surface area contributed by atoms with Crippen molar-refractivity contribution in [3.05, 3.63) is 0 Å². The maximum absolute atomic E-state index is 8.19. The van der Waals surface area contributed by atoms with Gasteiger partial charge in [-0.3, -0.25) is 5.32 Å². The monoisotopic (exact) mass is 152 g/mol. The summed E-state index contributed by atoms with van der Waals surface area (Å²) in [6, 6.07) is 0.343. The summed E-state index contributed by atoms with van der Waals surface area (Å²) in [4.78, 5) is 4.13. The first kappa shape index (κ1) is 7.86. The van der Waals surface area contributed by atoms with Crippen molar-refractivity contribution in [1.82, 2.24) is 5.32 Å². The lowest BCUT2D eigenvalue weighted by molar-refractivity contribution is 0.702. The van der Waals surface area contributed by atoms with Crippen LogP contribution in [-0.2, 0) is 0 Å². The number of aliphatic imine (C=N–C) groups is 1. The summed E-state index contributed by atoms with van der Waals surface area (Å²) in [6.45, 7) is 0. The summed E-state index contributed by atoms with van der Waals surface area (Å²) < 4.78 is 0. The highest BCUT2D eigenvalue weighted by Gasteiger charge is 2.13. The molecule has 4 nitrogen and oxygen atoms in total. The van der Waals surface area contributed by atoms with E-state index in [0.717, 1.165) is 12.8 Å². The lowest BCUT2D eigenvalue weighted by Gasteiger charge is -2.02. The summed E-state index contributed by atoms with van der Waals surface area (Å²) in [5.41, 5.74) is 5.38. The molecule has 11 heavy (non-hydrogen) atoms. The van der Waals surface area contributed by atoms with Gasteiger partial charge in [-0.2, -0.15) is 5.26 Å². The molecule has 1 saturated carbocycles. The zero-order chi connectivity index (χ0) is 8.10. The third kappa shape index (κ3) is 2.46. The molecule has 4 heteroatoms. The maximum Gasteiger partial charge on any atom is 0.202 e. The molecule has 0 aromatic rings. The summed E-state index contributed by atoms with van der Waals surface area (Å²) >= 11 is 0. The Morgan fingerprint density at radius 3 is 2.73 bits per heavy atom. The molecule has 0 aromatic heterocycles. The van der Waals surface area contributed by atoms with Crippen LogP contribution in [0.4, 0.5) is 0 Å². The van der Waals surface area contributed by atoms with E-state index >= 15 is 0 Å². The predicted molar refractivity (Wildman–Crippen MR) is 42.6 cm³/mol. The number of hydrogen-bond donors (Lipinski definition) is 2. The van der Waals surface area contributed by atoms with Crippen LogP contribution in [-0.4, -0.2) is 12.0 Å². The van der Waals surface area contributed by atoms with Gasteiger partial charge < -0.3 is 5.73 Å². The normalized spacial score (nSPS) is 19.7. The van der Waals surface area contributed by atoms with Gasteiger partial charge in [0, 0.05) is 0 Å². The average molecular weight is 152 g/mol. The van der Waals surface area contributed by atoms with E-state index in [1.165, 1.54) is 12.8 Å².